The van der Waals surface area contributed by atoms with Crippen molar-refractivity contribution >= 4 is 21.6 Å². The van der Waals surface area contributed by atoms with Crippen LogP contribution in [0.15, 0.2) is 53.4 Å². The first-order valence-corrected chi connectivity index (χ1v) is 7.37. The Morgan fingerprint density at radius 3 is 2.42 bits per heavy atom. The van der Waals surface area contributed by atoms with E-state index in [2.05, 4.69) is 4.72 Å². The van der Waals surface area contributed by atoms with E-state index in [-0.39, 0.29) is 17.2 Å². The number of benzene rings is 2. The summed E-state index contributed by atoms with van der Waals surface area (Å²) in [6.07, 6.45) is 0. The van der Waals surface area contributed by atoms with Gasteiger partial charge >= 0.3 is 0 Å². The Labute approximate surface area is 116 Å². The van der Waals surface area contributed by atoms with Gasteiger partial charge in [-0.25, -0.2) is 13.1 Å². The number of phenolic OH excluding ortho intramolecular Hbond substituents is 1. The molecule has 0 atom stereocenters. The van der Waals surface area contributed by atoms with Crippen LogP contribution in [0, 0.1) is 0 Å². The van der Waals surface area contributed by atoms with Gasteiger partial charge in [0.15, 0.2) is 0 Å². The minimum atomic E-state index is -3.59. The van der Waals surface area contributed by atoms with Crippen molar-refractivity contribution in [3.63, 3.8) is 0 Å². The summed E-state index contributed by atoms with van der Waals surface area (Å²) in [6.45, 7) is 0.157. The number of nitrogens with one attached hydrogen (secondary N) is 1. The Hall–Kier alpha value is -1.56. The standard InChI is InChI=1S/C13H12ClNO3S/c14-11-3-1-2-10(8-11)9-15-19(17,18)13-6-4-12(16)5-7-13/h1-8,15-16H,9H2. The number of halogens is 1. The van der Waals surface area contributed by atoms with E-state index in [1.54, 1.807) is 24.3 Å². The lowest BCUT2D eigenvalue weighted by Gasteiger charge is -2.07. The van der Waals surface area contributed by atoms with E-state index >= 15 is 0 Å². The second-order valence-corrected chi connectivity index (χ2v) is 6.15. The van der Waals surface area contributed by atoms with E-state index in [9.17, 15) is 8.42 Å². The van der Waals surface area contributed by atoms with Crippen molar-refractivity contribution < 1.29 is 13.5 Å². The molecule has 0 bridgehead atoms. The van der Waals surface area contributed by atoms with Crippen LogP contribution in [0.25, 0.3) is 0 Å². The lowest BCUT2D eigenvalue weighted by atomic mass is 10.2. The van der Waals surface area contributed by atoms with Gasteiger partial charge in [-0.3, -0.25) is 0 Å². The molecule has 0 unspecified atom stereocenters. The van der Waals surface area contributed by atoms with Crippen molar-refractivity contribution in [3.8, 4) is 5.75 Å². The highest BCUT2D eigenvalue weighted by atomic mass is 35.5. The number of aromatic hydroxyl groups is 1. The van der Waals surface area contributed by atoms with Crippen LogP contribution in [-0.2, 0) is 16.6 Å². The van der Waals surface area contributed by atoms with E-state index in [0.29, 0.717) is 5.02 Å². The maximum Gasteiger partial charge on any atom is 0.240 e. The third kappa shape index (κ3) is 3.70. The van der Waals surface area contributed by atoms with E-state index in [1.165, 1.54) is 24.3 Å². The fourth-order valence-electron chi connectivity index (χ4n) is 1.53. The molecule has 0 aromatic heterocycles. The molecule has 2 aromatic rings. The first-order chi connectivity index (χ1) is 8.97. The van der Waals surface area contributed by atoms with Gasteiger partial charge in [0, 0.05) is 11.6 Å². The Bertz CT molecular complexity index is 669. The monoisotopic (exact) mass is 297 g/mol. The summed E-state index contributed by atoms with van der Waals surface area (Å²) in [6, 6.07) is 12.3. The highest BCUT2D eigenvalue weighted by molar-refractivity contribution is 7.89. The predicted octanol–water partition coefficient (Wildman–Crippen LogP) is 2.52. The van der Waals surface area contributed by atoms with Crippen molar-refractivity contribution in [2.24, 2.45) is 0 Å². The van der Waals surface area contributed by atoms with E-state index in [1.807, 2.05) is 0 Å². The number of hydrogen-bond donors (Lipinski definition) is 2. The van der Waals surface area contributed by atoms with Gasteiger partial charge in [0.1, 0.15) is 5.75 Å². The molecule has 0 amide bonds. The lowest BCUT2D eigenvalue weighted by molar-refractivity contribution is 0.474. The van der Waals surface area contributed by atoms with Crippen LogP contribution in [0.1, 0.15) is 5.56 Å². The van der Waals surface area contributed by atoms with Crippen molar-refractivity contribution in [1.82, 2.24) is 4.72 Å². The Kier molecular flexibility index (Phi) is 4.09. The molecule has 6 heteroatoms. The molecule has 2 N–H and O–H groups in total. The van der Waals surface area contributed by atoms with Crippen LogP contribution in [-0.4, -0.2) is 13.5 Å². The summed E-state index contributed by atoms with van der Waals surface area (Å²) in [5.41, 5.74) is 0.773. The first kappa shape index (κ1) is 13.9. The number of hydrogen-bond acceptors (Lipinski definition) is 3. The Morgan fingerprint density at radius 1 is 1.11 bits per heavy atom. The van der Waals surface area contributed by atoms with Gasteiger partial charge in [-0.1, -0.05) is 23.7 Å². The average Bonchev–Trinajstić information content (AvgIpc) is 2.37. The topological polar surface area (TPSA) is 66.4 Å². The van der Waals surface area contributed by atoms with Crippen LogP contribution < -0.4 is 4.72 Å². The fraction of sp³-hybridized carbons (Fsp3) is 0.0769. The Balaban J connectivity index is 2.12. The maximum absolute atomic E-state index is 12.0. The molecule has 0 radical (unpaired) electrons. The maximum atomic E-state index is 12.0. The predicted molar refractivity (Wildman–Crippen MR) is 73.6 cm³/mol. The quantitative estimate of drug-likeness (QED) is 0.911. The van der Waals surface area contributed by atoms with Crippen molar-refractivity contribution in [3.05, 3.63) is 59.1 Å². The molecule has 2 aromatic carbocycles. The third-order valence-corrected chi connectivity index (χ3v) is 4.15. The normalized spacial score (nSPS) is 11.4. The van der Waals surface area contributed by atoms with Gasteiger partial charge in [0.2, 0.25) is 10.0 Å². The highest BCUT2D eigenvalue weighted by Crippen LogP contribution is 2.15. The molecule has 0 heterocycles. The summed E-state index contributed by atoms with van der Waals surface area (Å²) < 4.78 is 26.4. The molecule has 19 heavy (non-hydrogen) atoms. The first-order valence-electron chi connectivity index (χ1n) is 5.50. The molecule has 0 fully saturated rings. The second kappa shape index (κ2) is 5.61. The zero-order valence-corrected chi connectivity index (χ0v) is 11.4. The van der Waals surface area contributed by atoms with Gasteiger partial charge in [-0.15, -0.1) is 0 Å². The van der Waals surface area contributed by atoms with Gasteiger partial charge in [0.05, 0.1) is 4.90 Å². The van der Waals surface area contributed by atoms with Crippen molar-refractivity contribution in [2.45, 2.75) is 11.4 Å². The summed E-state index contributed by atoms with van der Waals surface area (Å²) in [5, 5.41) is 9.69. The molecule has 0 spiro atoms. The van der Waals surface area contributed by atoms with E-state index in [0.717, 1.165) is 5.56 Å². The molecule has 0 saturated heterocycles. The summed E-state index contributed by atoms with van der Waals surface area (Å²) >= 11 is 5.82. The molecule has 2 rings (SSSR count). The van der Waals surface area contributed by atoms with Gasteiger partial charge in [-0.2, -0.15) is 0 Å². The highest BCUT2D eigenvalue weighted by Gasteiger charge is 2.13. The van der Waals surface area contributed by atoms with Crippen molar-refractivity contribution in [1.29, 1.82) is 0 Å². The second-order valence-electron chi connectivity index (χ2n) is 3.95. The van der Waals surface area contributed by atoms with E-state index in [4.69, 9.17) is 16.7 Å². The van der Waals surface area contributed by atoms with Crippen LogP contribution in [0.4, 0.5) is 0 Å². The molecule has 0 aliphatic carbocycles. The Morgan fingerprint density at radius 2 is 1.79 bits per heavy atom. The number of sulfonamides is 1. The van der Waals surface area contributed by atoms with E-state index < -0.39 is 10.0 Å². The molecule has 0 aliphatic heterocycles. The van der Waals surface area contributed by atoms with Crippen LogP contribution >= 0.6 is 11.6 Å². The zero-order valence-electron chi connectivity index (χ0n) is 9.88. The minimum absolute atomic E-state index is 0.0220. The summed E-state index contributed by atoms with van der Waals surface area (Å²) in [5.74, 6) is 0.0220. The van der Waals surface area contributed by atoms with Gasteiger partial charge in [0.25, 0.3) is 0 Å². The number of rotatable bonds is 4. The SMILES string of the molecule is O=S(=O)(NCc1cccc(Cl)c1)c1ccc(O)cc1. The van der Waals surface area contributed by atoms with Crippen LogP contribution in [0.5, 0.6) is 5.75 Å². The van der Waals surface area contributed by atoms with Crippen LogP contribution in [0.2, 0.25) is 5.02 Å². The summed E-state index contributed by atoms with van der Waals surface area (Å²) in [7, 11) is -3.59. The summed E-state index contributed by atoms with van der Waals surface area (Å²) in [4.78, 5) is 0.104. The largest absolute Gasteiger partial charge is 0.508 e. The molecule has 4 nitrogen and oxygen atoms in total. The average molecular weight is 298 g/mol. The minimum Gasteiger partial charge on any atom is -0.508 e. The smallest absolute Gasteiger partial charge is 0.240 e. The molecule has 0 aliphatic rings. The number of phenols is 1. The zero-order chi connectivity index (χ0) is 13.9. The van der Waals surface area contributed by atoms with Gasteiger partial charge < -0.3 is 5.11 Å². The van der Waals surface area contributed by atoms with Gasteiger partial charge in [-0.05, 0) is 42.0 Å². The third-order valence-electron chi connectivity index (χ3n) is 2.50. The molecule has 0 saturated carbocycles. The lowest BCUT2D eigenvalue weighted by Crippen LogP contribution is -2.23. The van der Waals surface area contributed by atoms with Crippen LogP contribution in [0.3, 0.4) is 0 Å². The fourth-order valence-corrected chi connectivity index (χ4v) is 2.76. The molecular weight excluding hydrogens is 286 g/mol. The molecule has 100 valence electrons. The van der Waals surface area contributed by atoms with Crippen molar-refractivity contribution in [2.75, 3.05) is 0 Å². The molecular formula is C13H12ClNO3S.